The lowest BCUT2D eigenvalue weighted by molar-refractivity contribution is -0.149. The Balaban J connectivity index is 2.32. The Morgan fingerprint density at radius 2 is 1.81 bits per heavy atom. The molecule has 138 valence electrons. The number of nitrogens with zero attached hydrogens (tertiary/aromatic N) is 2. The van der Waals surface area contributed by atoms with Gasteiger partial charge in [-0.05, 0) is 31.9 Å². The maximum Gasteiger partial charge on any atom is 0.311 e. The first-order chi connectivity index (χ1) is 12.3. The van der Waals surface area contributed by atoms with Crippen LogP contribution in [0.25, 0.3) is 5.69 Å². The van der Waals surface area contributed by atoms with Crippen LogP contribution >= 0.6 is 0 Å². The molecule has 1 aromatic heterocycles. The Bertz CT molecular complexity index is 855. The van der Waals surface area contributed by atoms with E-state index in [2.05, 4.69) is 10.4 Å². The van der Waals surface area contributed by atoms with Crippen molar-refractivity contribution in [1.29, 1.82) is 0 Å². The lowest BCUT2D eigenvalue weighted by Crippen LogP contribution is -2.43. The van der Waals surface area contributed by atoms with E-state index in [9.17, 15) is 19.5 Å². The molecule has 0 atom stereocenters. The van der Waals surface area contributed by atoms with Crippen molar-refractivity contribution in [3.05, 3.63) is 58.0 Å². The summed E-state index contributed by atoms with van der Waals surface area (Å²) in [7, 11) is 0. The molecule has 1 heterocycles. The van der Waals surface area contributed by atoms with Crippen molar-refractivity contribution in [3.63, 3.8) is 0 Å². The number of amides is 1. The zero-order chi connectivity index (χ0) is 19.3. The van der Waals surface area contributed by atoms with E-state index in [1.807, 2.05) is 30.3 Å². The van der Waals surface area contributed by atoms with Crippen LogP contribution in [0.4, 0.5) is 0 Å². The fraction of sp³-hybridized carbons (Fsp3) is 0.368. The summed E-state index contributed by atoms with van der Waals surface area (Å²) in [4.78, 5) is 36.2. The van der Waals surface area contributed by atoms with Crippen LogP contribution in [0.5, 0.6) is 0 Å². The number of aryl methyl sites for hydroxylation is 1. The average molecular weight is 357 g/mol. The van der Waals surface area contributed by atoms with E-state index in [1.54, 1.807) is 20.8 Å². The second-order valence-electron chi connectivity index (χ2n) is 6.22. The van der Waals surface area contributed by atoms with Crippen LogP contribution in [0.3, 0.4) is 0 Å². The third-order valence-corrected chi connectivity index (χ3v) is 4.72. The van der Waals surface area contributed by atoms with Crippen LogP contribution in [0.1, 0.15) is 42.9 Å². The van der Waals surface area contributed by atoms with Gasteiger partial charge in [-0.15, -0.1) is 0 Å². The minimum Gasteiger partial charge on any atom is -0.481 e. The van der Waals surface area contributed by atoms with Crippen LogP contribution < -0.4 is 10.7 Å². The number of benzene rings is 1. The number of aliphatic carboxylic acids is 1. The fourth-order valence-corrected chi connectivity index (χ4v) is 2.75. The molecule has 0 bridgehead atoms. The highest BCUT2D eigenvalue weighted by atomic mass is 16.4. The van der Waals surface area contributed by atoms with Gasteiger partial charge in [0, 0.05) is 18.3 Å². The molecule has 2 N–H and O–H groups in total. The maximum atomic E-state index is 12.5. The highest BCUT2D eigenvalue weighted by Gasteiger charge is 2.35. The van der Waals surface area contributed by atoms with Gasteiger partial charge in [0.25, 0.3) is 5.91 Å². The predicted octanol–water partition coefficient (Wildman–Crippen LogP) is 2.16. The van der Waals surface area contributed by atoms with Gasteiger partial charge in [-0.2, -0.15) is 5.10 Å². The number of para-hydroxylation sites is 1. The first-order valence-corrected chi connectivity index (χ1v) is 8.52. The molecule has 26 heavy (non-hydrogen) atoms. The minimum atomic E-state index is -1.06. The van der Waals surface area contributed by atoms with Crippen molar-refractivity contribution in [2.24, 2.45) is 5.41 Å². The standard InChI is InChI=1S/C19H23N3O4/c1-4-19(5-2,18(25)26)12-20-17(24)16-15(23)11-13(3)22(21-16)14-9-7-6-8-10-14/h6-11H,4-5,12H2,1-3H3,(H,20,24)(H,25,26). The number of carbonyl (C=O) groups is 2. The van der Waals surface area contributed by atoms with Crippen molar-refractivity contribution < 1.29 is 14.7 Å². The first-order valence-electron chi connectivity index (χ1n) is 8.52. The summed E-state index contributed by atoms with van der Waals surface area (Å²) in [6, 6.07) is 10.5. The van der Waals surface area contributed by atoms with E-state index >= 15 is 0 Å². The molecule has 2 aromatic rings. The monoisotopic (exact) mass is 357 g/mol. The number of hydrogen-bond donors (Lipinski definition) is 2. The largest absolute Gasteiger partial charge is 0.481 e. The van der Waals surface area contributed by atoms with Crippen LogP contribution in [-0.2, 0) is 4.79 Å². The maximum absolute atomic E-state index is 12.5. The van der Waals surface area contributed by atoms with Gasteiger partial charge in [-0.25, -0.2) is 4.68 Å². The minimum absolute atomic E-state index is 0.0610. The van der Waals surface area contributed by atoms with Gasteiger partial charge in [0.1, 0.15) is 0 Å². The number of carboxylic acids is 1. The van der Waals surface area contributed by atoms with Gasteiger partial charge >= 0.3 is 5.97 Å². The second kappa shape index (κ2) is 7.95. The molecule has 7 heteroatoms. The molecule has 0 fully saturated rings. The molecule has 0 spiro atoms. The topological polar surface area (TPSA) is 101 Å². The number of carbonyl (C=O) groups excluding carboxylic acids is 1. The molecule has 0 aliphatic heterocycles. The quantitative estimate of drug-likeness (QED) is 0.791. The summed E-state index contributed by atoms with van der Waals surface area (Å²) in [5.74, 6) is -1.64. The molecule has 0 radical (unpaired) electrons. The van der Waals surface area contributed by atoms with Crippen LogP contribution in [0, 0.1) is 12.3 Å². The van der Waals surface area contributed by atoms with Crippen molar-refractivity contribution in [2.75, 3.05) is 6.54 Å². The molecule has 0 aliphatic rings. The number of hydrogen-bond acceptors (Lipinski definition) is 4. The Hall–Kier alpha value is -2.96. The predicted molar refractivity (Wildman–Crippen MR) is 97.6 cm³/mol. The first kappa shape index (κ1) is 19.4. The summed E-state index contributed by atoms with van der Waals surface area (Å²) >= 11 is 0. The fourth-order valence-electron chi connectivity index (χ4n) is 2.75. The smallest absolute Gasteiger partial charge is 0.311 e. The summed E-state index contributed by atoms with van der Waals surface area (Å²) in [6.07, 6.45) is 0.739. The zero-order valence-electron chi connectivity index (χ0n) is 15.2. The van der Waals surface area contributed by atoms with Crippen molar-refractivity contribution in [1.82, 2.24) is 15.1 Å². The van der Waals surface area contributed by atoms with Gasteiger partial charge in [0.15, 0.2) is 5.69 Å². The van der Waals surface area contributed by atoms with E-state index in [0.717, 1.165) is 5.69 Å². The second-order valence-corrected chi connectivity index (χ2v) is 6.22. The van der Waals surface area contributed by atoms with Crippen molar-refractivity contribution in [2.45, 2.75) is 33.6 Å². The van der Waals surface area contributed by atoms with Gasteiger partial charge in [0.05, 0.1) is 11.1 Å². The number of carboxylic acid groups (broad SMARTS) is 1. The third-order valence-electron chi connectivity index (χ3n) is 4.72. The Kier molecular flexibility index (Phi) is 5.92. The van der Waals surface area contributed by atoms with Crippen molar-refractivity contribution in [3.8, 4) is 5.69 Å². The van der Waals surface area contributed by atoms with E-state index in [4.69, 9.17) is 0 Å². The molecular weight excluding hydrogens is 334 g/mol. The van der Waals surface area contributed by atoms with E-state index in [-0.39, 0.29) is 12.2 Å². The van der Waals surface area contributed by atoms with Crippen LogP contribution in [-0.4, -0.2) is 33.3 Å². The molecular formula is C19H23N3O4. The molecule has 0 unspecified atom stereocenters. The number of aromatic nitrogens is 2. The molecule has 1 aromatic carbocycles. The Labute approximate surface area is 151 Å². The third kappa shape index (κ3) is 3.82. The zero-order valence-corrected chi connectivity index (χ0v) is 15.2. The molecule has 1 amide bonds. The molecule has 0 saturated heterocycles. The normalized spacial score (nSPS) is 11.2. The highest BCUT2D eigenvalue weighted by Crippen LogP contribution is 2.25. The van der Waals surface area contributed by atoms with Gasteiger partial charge in [0.2, 0.25) is 5.43 Å². The van der Waals surface area contributed by atoms with Gasteiger partial charge in [-0.3, -0.25) is 14.4 Å². The van der Waals surface area contributed by atoms with Crippen LogP contribution in [0.15, 0.2) is 41.2 Å². The molecule has 7 nitrogen and oxygen atoms in total. The lowest BCUT2D eigenvalue weighted by Gasteiger charge is -2.26. The summed E-state index contributed by atoms with van der Waals surface area (Å²) < 4.78 is 1.51. The van der Waals surface area contributed by atoms with Gasteiger partial charge < -0.3 is 10.4 Å². The Morgan fingerprint density at radius 1 is 1.19 bits per heavy atom. The highest BCUT2D eigenvalue weighted by molar-refractivity contribution is 5.92. The SMILES string of the molecule is CCC(CC)(CNC(=O)c1nn(-c2ccccc2)c(C)cc1=O)C(=O)O. The molecule has 0 aliphatic carbocycles. The number of nitrogens with one attached hydrogen (secondary N) is 1. The Morgan fingerprint density at radius 3 is 2.35 bits per heavy atom. The summed E-state index contributed by atoms with van der Waals surface area (Å²) in [5, 5.41) is 16.2. The molecule has 0 saturated carbocycles. The van der Waals surface area contributed by atoms with E-state index < -0.39 is 22.7 Å². The number of rotatable bonds is 7. The molecule has 2 rings (SSSR count). The van der Waals surface area contributed by atoms with Crippen LogP contribution in [0.2, 0.25) is 0 Å². The summed E-state index contributed by atoms with van der Waals surface area (Å²) in [6.45, 7) is 5.19. The van der Waals surface area contributed by atoms with Gasteiger partial charge in [-0.1, -0.05) is 32.0 Å². The summed E-state index contributed by atoms with van der Waals surface area (Å²) in [5.41, 5.74) is -0.494. The lowest BCUT2D eigenvalue weighted by atomic mass is 9.82. The van der Waals surface area contributed by atoms with E-state index in [1.165, 1.54) is 10.7 Å². The van der Waals surface area contributed by atoms with Crippen molar-refractivity contribution >= 4 is 11.9 Å². The average Bonchev–Trinajstić information content (AvgIpc) is 2.63. The van der Waals surface area contributed by atoms with E-state index in [0.29, 0.717) is 18.5 Å².